The van der Waals surface area contributed by atoms with E-state index in [4.69, 9.17) is 0 Å². The fourth-order valence-electron chi connectivity index (χ4n) is 3.00. The van der Waals surface area contributed by atoms with E-state index in [0.29, 0.717) is 12.5 Å². The summed E-state index contributed by atoms with van der Waals surface area (Å²) in [5, 5.41) is 15.1. The predicted octanol–water partition coefficient (Wildman–Crippen LogP) is 1.35. The molecule has 0 amide bonds. The molecule has 1 aliphatic heterocycles. The Morgan fingerprint density at radius 3 is 2.96 bits per heavy atom. The van der Waals surface area contributed by atoms with Crippen LogP contribution in [-0.2, 0) is 6.54 Å². The molecule has 8 heteroatoms. The van der Waals surface area contributed by atoms with Gasteiger partial charge in [0.1, 0.15) is 0 Å². The van der Waals surface area contributed by atoms with E-state index in [2.05, 4.69) is 37.6 Å². The molecule has 3 heterocycles. The lowest BCUT2D eigenvalue weighted by Gasteiger charge is -2.16. The lowest BCUT2D eigenvalue weighted by atomic mass is 10.1. The normalized spacial score (nSPS) is 18.6. The van der Waals surface area contributed by atoms with Gasteiger partial charge in [0.05, 0.1) is 6.54 Å². The largest absolute Gasteiger partial charge is 0.356 e. The van der Waals surface area contributed by atoms with Gasteiger partial charge in [-0.25, -0.2) is 0 Å². The molecule has 1 saturated heterocycles. The van der Waals surface area contributed by atoms with Crippen molar-refractivity contribution in [3.63, 3.8) is 0 Å². The van der Waals surface area contributed by atoms with E-state index >= 15 is 0 Å². The molecule has 7 nitrogen and oxygen atoms in total. The van der Waals surface area contributed by atoms with Crippen molar-refractivity contribution in [1.82, 2.24) is 30.1 Å². The number of rotatable bonds is 5. The van der Waals surface area contributed by atoms with Gasteiger partial charge in [0, 0.05) is 26.3 Å². The van der Waals surface area contributed by atoms with Crippen molar-refractivity contribution in [3.05, 3.63) is 30.2 Å². The molecule has 2 aromatic heterocycles. The first-order chi connectivity index (χ1) is 11.3. The van der Waals surface area contributed by atoms with Crippen LogP contribution in [0, 0.1) is 5.92 Å². The maximum atomic E-state index is 4.29. The molecule has 2 N–H and O–H groups in total. The van der Waals surface area contributed by atoms with Crippen LogP contribution < -0.4 is 10.6 Å². The third-order valence-corrected chi connectivity index (χ3v) is 4.40. The molecule has 1 unspecified atom stereocenters. The summed E-state index contributed by atoms with van der Waals surface area (Å²) in [5.41, 5.74) is 0.859. The van der Waals surface area contributed by atoms with Gasteiger partial charge in [0.2, 0.25) is 0 Å². The van der Waals surface area contributed by atoms with E-state index in [-0.39, 0.29) is 24.0 Å². The fraction of sp³-hybridized carbons (Fsp3) is 0.562. The summed E-state index contributed by atoms with van der Waals surface area (Å²) in [5.74, 6) is 2.39. The second kappa shape index (κ2) is 9.16. The number of hydrogen-bond donors (Lipinski definition) is 2. The fourth-order valence-corrected chi connectivity index (χ4v) is 3.00. The zero-order chi connectivity index (χ0) is 16.1. The molecule has 0 bridgehead atoms. The number of hydrogen-bond acceptors (Lipinski definition) is 4. The van der Waals surface area contributed by atoms with E-state index in [1.165, 1.54) is 19.5 Å². The Balaban J connectivity index is 0.00000208. The number of guanidine groups is 1. The Morgan fingerprint density at radius 2 is 2.21 bits per heavy atom. The maximum absolute atomic E-state index is 4.29. The van der Waals surface area contributed by atoms with Crippen LogP contribution in [0.1, 0.15) is 19.2 Å². The zero-order valence-corrected chi connectivity index (χ0v) is 16.6. The van der Waals surface area contributed by atoms with Crippen molar-refractivity contribution in [2.24, 2.45) is 10.9 Å². The van der Waals surface area contributed by atoms with Gasteiger partial charge in [-0.2, -0.15) is 0 Å². The molecule has 0 spiro atoms. The SMILES string of the molecule is CCN1CCC(CNC(=NC)NCc2nnc3ccccn23)C1.I. The maximum Gasteiger partial charge on any atom is 0.191 e. The molecule has 0 aromatic carbocycles. The molecule has 1 fully saturated rings. The van der Waals surface area contributed by atoms with Gasteiger partial charge in [-0.1, -0.05) is 13.0 Å². The molecule has 1 atom stereocenters. The van der Waals surface area contributed by atoms with Crippen molar-refractivity contribution in [3.8, 4) is 0 Å². The number of aromatic nitrogens is 3. The Hall–Kier alpha value is -1.42. The summed E-state index contributed by atoms with van der Waals surface area (Å²) in [6.45, 7) is 7.30. The first-order valence-corrected chi connectivity index (χ1v) is 8.25. The Bertz CT molecular complexity index is 669. The summed E-state index contributed by atoms with van der Waals surface area (Å²) >= 11 is 0. The standard InChI is InChI=1S/C16H25N7.HI/c1-3-22-9-7-13(12-22)10-18-16(17-2)19-11-15-21-20-14-6-4-5-8-23(14)15;/h4-6,8,13H,3,7,9-12H2,1-2H3,(H2,17,18,19);1H. The van der Waals surface area contributed by atoms with Crippen LogP contribution in [0.25, 0.3) is 5.65 Å². The van der Waals surface area contributed by atoms with E-state index in [9.17, 15) is 0 Å². The van der Waals surface area contributed by atoms with Gasteiger partial charge in [-0.05, 0) is 37.6 Å². The molecule has 0 aliphatic carbocycles. The topological polar surface area (TPSA) is 69.8 Å². The first kappa shape index (κ1) is 18.9. The van der Waals surface area contributed by atoms with Crippen LogP contribution in [0.3, 0.4) is 0 Å². The minimum absolute atomic E-state index is 0. The average Bonchev–Trinajstić information content (AvgIpc) is 3.22. The third kappa shape index (κ3) is 4.56. The van der Waals surface area contributed by atoms with Gasteiger partial charge in [0.15, 0.2) is 17.4 Å². The van der Waals surface area contributed by atoms with Crippen LogP contribution >= 0.6 is 24.0 Å². The second-order valence-electron chi connectivity index (χ2n) is 5.90. The van der Waals surface area contributed by atoms with Crippen LogP contribution in [0.2, 0.25) is 0 Å². The molecule has 24 heavy (non-hydrogen) atoms. The van der Waals surface area contributed by atoms with Crippen molar-refractivity contribution in [2.75, 3.05) is 33.2 Å². The highest BCUT2D eigenvalue weighted by molar-refractivity contribution is 14.0. The molecule has 0 radical (unpaired) electrons. The number of aliphatic imine (C=N–C) groups is 1. The summed E-state index contributed by atoms with van der Waals surface area (Å²) < 4.78 is 1.98. The van der Waals surface area contributed by atoms with Crippen molar-refractivity contribution >= 4 is 35.6 Å². The summed E-state index contributed by atoms with van der Waals surface area (Å²) in [4.78, 5) is 6.78. The molecule has 0 saturated carbocycles. The minimum Gasteiger partial charge on any atom is -0.356 e. The van der Waals surface area contributed by atoms with Gasteiger partial charge in [0.25, 0.3) is 0 Å². The first-order valence-electron chi connectivity index (χ1n) is 8.25. The monoisotopic (exact) mass is 443 g/mol. The van der Waals surface area contributed by atoms with Crippen molar-refractivity contribution in [2.45, 2.75) is 19.9 Å². The van der Waals surface area contributed by atoms with Gasteiger partial charge in [-0.15, -0.1) is 34.2 Å². The van der Waals surface area contributed by atoms with Crippen LogP contribution in [0.5, 0.6) is 0 Å². The molecule has 2 aromatic rings. The molecular formula is C16H26IN7. The van der Waals surface area contributed by atoms with Crippen molar-refractivity contribution < 1.29 is 0 Å². The van der Waals surface area contributed by atoms with Gasteiger partial charge >= 0.3 is 0 Å². The number of pyridine rings is 1. The quantitative estimate of drug-likeness (QED) is 0.415. The zero-order valence-electron chi connectivity index (χ0n) is 14.3. The number of halogens is 1. The average molecular weight is 443 g/mol. The Labute approximate surface area is 159 Å². The van der Waals surface area contributed by atoms with Crippen LogP contribution in [-0.4, -0.2) is 58.7 Å². The highest BCUT2D eigenvalue weighted by atomic mass is 127. The summed E-state index contributed by atoms with van der Waals surface area (Å²) in [7, 11) is 1.80. The number of fused-ring (bicyclic) bond motifs is 1. The van der Waals surface area contributed by atoms with Crippen LogP contribution in [0.4, 0.5) is 0 Å². The lowest BCUT2D eigenvalue weighted by Crippen LogP contribution is -2.40. The van der Waals surface area contributed by atoms with Crippen molar-refractivity contribution in [1.29, 1.82) is 0 Å². The summed E-state index contributed by atoms with van der Waals surface area (Å²) in [6, 6.07) is 5.89. The predicted molar refractivity (Wildman–Crippen MR) is 107 cm³/mol. The Morgan fingerprint density at radius 1 is 1.33 bits per heavy atom. The van der Waals surface area contributed by atoms with Crippen LogP contribution in [0.15, 0.2) is 29.4 Å². The minimum atomic E-state index is 0. The molecule has 3 rings (SSSR count). The number of likely N-dealkylation sites (tertiary alicyclic amines) is 1. The Kier molecular flexibility index (Phi) is 7.22. The smallest absolute Gasteiger partial charge is 0.191 e. The molecular weight excluding hydrogens is 417 g/mol. The number of nitrogens with zero attached hydrogens (tertiary/aromatic N) is 5. The second-order valence-corrected chi connectivity index (χ2v) is 5.90. The highest BCUT2D eigenvalue weighted by Crippen LogP contribution is 2.14. The molecule has 132 valence electrons. The highest BCUT2D eigenvalue weighted by Gasteiger charge is 2.21. The number of nitrogens with one attached hydrogen (secondary N) is 2. The molecule has 1 aliphatic rings. The van der Waals surface area contributed by atoms with E-state index in [1.807, 2.05) is 28.8 Å². The van der Waals surface area contributed by atoms with Gasteiger partial charge < -0.3 is 15.5 Å². The summed E-state index contributed by atoms with van der Waals surface area (Å²) in [6.07, 6.45) is 3.23. The van der Waals surface area contributed by atoms with E-state index in [1.54, 1.807) is 7.05 Å². The van der Waals surface area contributed by atoms with E-state index in [0.717, 1.165) is 30.5 Å². The lowest BCUT2D eigenvalue weighted by molar-refractivity contribution is 0.342. The third-order valence-electron chi connectivity index (χ3n) is 4.40. The van der Waals surface area contributed by atoms with Gasteiger partial charge in [-0.3, -0.25) is 9.39 Å². The van der Waals surface area contributed by atoms with E-state index < -0.39 is 0 Å².